The van der Waals surface area contributed by atoms with Crippen molar-refractivity contribution in [2.45, 2.75) is 26.3 Å². The molecule has 3 nitrogen and oxygen atoms in total. The first kappa shape index (κ1) is 15.7. The van der Waals surface area contributed by atoms with Gasteiger partial charge in [-0.3, -0.25) is 0 Å². The van der Waals surface area contributed by atoms with E-state index in [2.05, 4.69) is 31.0 Å². The van der Waals surface area contributed by atoms with E-state index in [0.29, 0.717) is 19.8 Å². The first-order valence-corrected chi connectivity index (χ1v) is 6.98. The van der Waals surface area contributed by atoms with E-state index in [0.717, 1.165) is 31.7 Å². The summed E-state index contributed by atoms with van der Waals surface area (Å²) in [7, 11) is 0. The van der Waals surface area contributed by atoms with Gasteiger partial charge >= 0.3 is 0 Å². The maximum atomic E-state index is 5.65. The van der Waals surface area contributed by atoms with Gasteiger partial charge < -0.3 is 14.8 Å². The Bertz CT molecular complexity index is 352. The minimum Gasteiger partial charge on any atom is -0.491 e. The topological polar surface area (TPSA) is 30.5 Å². The van der Waals surface area contributed by atoms with Crippen molar-refractivity contribution in [2.24, 2.45) is 0 Å². The highest BCUT2D eigenvalue weighted by Crippen LogP contribution is 2.13. The second-order valence-corrected chi connectivity index (χ2v) is 4.36. The van der Waals surface area contributed by atoms with Crippen molar-refractivity contribution in [3.63, 3.8) is 0 Å². The Balaban J connectivity index is 2.21. The molecule has 0 fully saturated rings. The molecule has 19 heavy (non-hydrogen) atoms. The molecule has 3 heteroatoms. The SMILES string of the molecule is C=CCCOCCOc1cccc(CNCCC)c1. The van der Waals surface area contributed by atoms with E-state index in [-0.39, 0.29) is 0 Å². The molecule has 1 aromatic carbocycles. The lowest BCUT2D eigenvalue weighted by molar-refractivity contribution is 0.103. The Labute approximate surface area is 116 Å². The van der Waals surface area contributed by atoms with E-state index in [9.17, 15) is 0 Å². The zero-order valence-electron chi connectivity index (χ0n) is 11.9. The molecule has 0 bridgehead atoms. The second-order valence-electron chi connectivity index (χ2n) is 4.36. The Hall–Kier alpha value is -1.32. The van der Waals surface area contributed by atoms with Gasteiger partial charge in [-0.15, -0.1) is 6.58 Å². The van der Waals surface area contributed by atoms with E-state index in [1.54, 1.807) is 0 Å². The van der Waals surface area contributed by atoms with E-state index in [1.165, 1.54) is 5.56 Å². The molecule has 0 atom stereocenters. The molecule has 0 aliphatic heterocycles. The molecule has 0 aliphatic rings. The second kappa shape index (κ2) is 10.6. The summed E-state index contributed by atoms with van der Waals surface area (Å²) in [4.78, 5) is 0. The smallest absolute Gasteiger partial charge is 0.119 e. The van der Waals surface area contributed by atoms with Crippen LogP contribution in [0.3, 0.4) is 0 Å². The third kappa shape index (κ3) is 7.65. The third-order valence-corrected chi connectivity index (χ3v) is 2.62. The molecule has 1 rings (SSSR count). The highest BCUT2D eigenvalue weighted by Gasteiger charge is 1.97. The van der Waals surface area contributed by atoms with E-state index >= 15 is 0 Å². The van der Waals surface area contributed by atoms with Crippen molar-refractivity contribution < 1.29 is 9.47 Å². The average molecular weight is 263 g/mol. The lowest BCUT2D eigenvalue weighted by Gasteiger charge is -2.09. The van der Waals surface area contributed by atoms with E-state index in [4.69, 9.17) is 9.47 Å². The van der Waals surface area contributed by atoms with Crippen LogP contribution in [0.5, 0.6) is 5.75 Å². The summed E-state index contributed by atoms with van der Waals surface area (Å²) in [5.41, 5.74) is 1.25. The van der Waals surface area contributed by atoms with E-state index in [1.807, 2.05) is 18.2 Å². The number of hydrogen-bond acceptors (Lipinski definition) is 3. The van der Waals surface area contributed by atoms with Crippen molar-refractivity contribution in [2.75, 3.05) is 26.4 Å². The average Bonchev–Trinajstić information content (AvgIpc) is 2.43. The van der Waals surface area contributed by atoms with Crippen LogP contribution in [-0.4, -0.2) is 26.4 Å². The van der Waals surface area contributed by atoms with Gasteiger partial charge in [-0.1, -0.05) is 25.1 Å². The summed E-state index contributed by atoms with van der Waals surface area (Å²) in [5, 5.41) is 3.38. The van der Waals surface area contributed by atoms with Gasteiger partial charge in [0.05, 0.1) is 13.2 Å². The van der Waals surface area contributed by atoms with Crippen LogP contribution in [0.4, 0.5) is 0 Å². The monoisotopic (exact) mass is 263 g/mol. The Morgan fingerprint density at radius 3 is 2.95 bits per heavy atom. The summed E-state index contributed by atoms with van der Waals surface area (Å²) in [5.74, 6) is 0.906. The summed E-state index contributed by atoms with van der Waals surface area (Å²) in [6, 6.07) is 8.19. The molecule has 1 aromatic rings. The number of ether oxygens (including phenoxy) is 2. The Morgan fingerprint density at radius 1 is 1.26 bits per heavy atom. The van der Waals surface area contributed by atoms with Crippen molar-refractivity contribution in [1.29, 1.82) is 0 Å². The lowest BCUT2D eigenvalue weighted by Crippen LogP contribution is -2.13. The quantitative estimate of drug-likeness (QED) is 0.491. The first-order valence-electron chi connectivity index (χ1n) is 6.98. The van der Waals surface area contributed by atoms with Crippen molar-refractivity contribution in [3.8, 4) is 5.75 Å². The minimum atomic E-state index is 0.586. The van der Waals surface area contributed by atoms with Crippen LogP contribution in [0.25, 0.3) is 0 Å². The fourth-order valence-electron chi connectivity index (χ4n) is 1.64. The summed E-state index contributed by atoms with van der Waals surface area (Å²) >= 11 is 0. The molecular formula is C16H25NO2. The predicted molar refractivity (Wildman–Crippen MR) is 79.6 cm³/mol. The minimum absolute atomic E-state index is 0.586. The molecule has 0 saturated heterocycles. The first-order chi connectivity index (χ1) is 9.36. The highest BCUT2D eigenvalue weighted by molar-refractivity contribution is 5.28. The van der Waals surface area contributed by atoms with Crippen molar-refractivity contribution in [1.82, 2.24) is 5.32 Å². The molecule has 0 saturated carbocycles. The highest BCUT2D eigenvalue weighted by atomic mass is 16.5. The van der Waals surface area contributed by atoms with Crippen LogP contribution in [0.1, 0.15) is 25.3 Å². The van der Waals surface area contributed by atoms with Gasteiger partial charge in [0, 0.05) is 6.54 Å². The summed E-state index contributed by atoms with van der Waals surface area (Å²) < 4.78 is 11.1. The van der Waals surface area contributed by atoms with Gasteiger partial charge in [0.15, 0.2) is 0 Å². The van der Waals surface area contributed by atoms with Gasteiger partial charge in [0.2, 0.25) is 0 Å². The van der Waals surface area contributed by atoms with Crippen LogP contribution in [0.15, 0.2) is 36.9 Å². The van der Waals surface area contributed by atoms with Crippen LogP contribution in [0.2, 0.25) is 0 Å². The van der Waals surface area contributed by atoms with Crippen LogP contribution >= 0.6 is 0 Å². The Morgan fingerprint density at radius 2 is 2.16 bits per heavy atom. The maximum Gasteiger partial charge on any atom is 0.119 e. The van der Waals surface area contributed by atoms with Gasteiger partial charge in [-0.2, -0.15) is 0 Å². The Kier molecular flexibility index (Phi) is 8.77. The normalized spacial score (nSPS) is 10.4. The number of hydrogen-bond donors (Lipinski definition) is 1. The van der Waals surface area contributed by atoms with Gasteiger partial charge in [0.25, 0.3) is 0 Å². The molecule has 1 N–H and O–H groups in total. The molecular weight excluding hydrogens is 238 g/mol. The lowest BCUT2D eigenvalue weighted by atomic mass is 10.2. The maximum absolute atomic E-state index is 5.65. The third-order valence-electron chi connectivity index (χ3n) is 2.62. The predicted octanol–water partition coefficient (Wildman–Crippen LogP) is 3.16. The zero-order chi connectivity index (χ0) is 13.8. The molecule has 0 spiro atoms. The fraction of sp³-hybridized carbons (Fsp3) is 0.500. The fourth-order valence-corrected chi connectivity index (χ4v) is 1.64. The molecule has 0 unspecified atom stereocenters. The molecule has 0 aromatic heterocycles. The number of benzene rings is 1. The summed E-state index contributed by atoms with van der Waals surface area (Å²) in [6.07, 6.45) is 3.89. The number of nitrogens with one attached hydrogen (secondary N) is 1. The van der Waals surface area contributed by atoms with Gasteiger partial charge in [0.1, 0.15) is 12.4 Å². The molecule has 0 radical (unpaired) electrons. The standard InChI is InChI=1S/C16H25NO2/c1-3-5-10-18-11-12-19-16-8-6-7-15(13-16)14-17-9-4-2/h3,6-8,13,17H,1,4-5,9-12,14H2,2H3. The van der Waals surface area contributed by atoms with Crippen molar-refractivity contribution >= 4 is 0 Å². The number of rotatable bonds is 11. The van der Waals surface area contributed by atoms with Gasteiger partial charge in [-0.25, -0.2) is 0 Å². The van der Waals surface area contributed by atoms with Crippen LogP contribution < -0.4 is 10.1 Å². The molecule has 106 valence electrons. The summed E-state index contributed by atoms with van der Waals surface area (Å²) in [6.45, 7) is 9.67. The molecule has 0 heterocycles. The molecule has 0 aliphatic carbocycles. The van der Waals surface area contributed by atoms with Crippen LogP contribution in [0, 0.1) is 0 Å². The van der Waals surface area contributed by atoms with Gasteiger partial charge in [-0.05, 0) is 37.1 Å². The van der Waals surface area contributed by atoms with E-state index < -0.39 is 0 Å². The zero-order valence-corrected chi connectivity index (χ0v) is 11.9. The van der Waals surface area contributed by atoms with Crippen LogP contribution in [-0.2, 0) is 11.3 Å². The van der Waals surface area contributed by atoms with Crippen molar-refractivity contribution in [3.05, 3.63) is 42.5 Å². The largest absolute Gasteiger partial charge is 0.491 e. The molecule has 0 amide bonds.